The summed E-state index contributed by atoms with van der Waals surface area (Å²) in [5, 5.41) is 10.6. The van der Waals surface area contributed by atoms with E-state index in [9.17, 15) is 13.2 Å². The number of halogens is 3. The maximum absolute atomic E-state index is 10.6. The van der Waals surface area contributed by atoms with Gasteiger partial charge >= 0.3 is 12.1 Å². The van der Waals surface area contributed by atoms with Gasteiger partial charge < -0.3 is 15.3 Å². The Labute approximate surface area is 186 Å². The molecule has 2 heterocycles. The number of hydrogen-bond donors (Lipinski definition) is 2. The molecule has 9 heteroatoms. The molecule has 176 valence electrons. The zero-order valence-corrected chi connectivity index (χ0v) is 19.4. The van der Waals surface area contributed by atoms with Crippen LogP contribution >= 0.6 is 0 Å². The van der Waals surface area contributed by atoms with Crippen molar-refractivity contribution < 1.29 is 23.1 Å². The minimum atomic E-state index is -5.08. The van der Waals surface area contributed by atoms with Crippen LogP contribution in [0.1, 0.15) is 54.6 Å². The molecule has 0 fully saturated rings. The highest BCUT2D eigenvalue weighted by atomic mass is 19.4. The van der Waals surface area contributed by atoms with Crippen molar-refractivity contribution in [1.29, 1.82) is 0 Å². The summed E-state index contributed by atoms with van der Waals surface area (Å²) in [4.78, 5) is 21.0. The quantitative estimate of drug-likeness (QED) is 0.611. The Balaban J connectivity index is 0.000000451. The molecule has 0 amide bonds. The fourth-order valence-corrected chi connectivity index (χ4v) is 4.08. The minimum Gasteiger partial charge on any atom is -0.475 e. The predicted molar refractivity (Wildman–Crippen MR) is 120 cm³/mol. The van der Waals surface area contributed by atoms with Crippen LogP contribution < -0.4 is 10.2 Å². The smallest absolute Gasteiger partial charge is 0.475 e. The molecular formula is C23H31F3N4O2. The molecule has 2 N–H and O–H groups in total. The number of aryl methyl sites for hydroxylation is 4. The summed E-state index contributed by atoms with van der Waals surface area (Å²) >= 11 is 0. The lowest BCUT2D eigenvalue weighted by Crippen LogP contribution is -2.33. The molecule has 32 heavy (non-hydrogen) atoms. The Morgan fingerprint density at radius 2 is 1.66 bits per heavy atom. The van der Waals surface area contributed by atoms with Crippen LogP contribution in [-0.2, 0) is 11.2 Å². The van der Waals surface area contributed by atoms with Gasteiger partial charge in [0.05, 0.1) is 0 Å². The van der Waals surface area contributed by atoms with Crippen LogP contribution in [-0.4, -0.2) is 39.8 Å². The summed E-state index contributed by atoms with van der Waals surface area (Å²) in [5.74, 6) is -0.914. The van der Waals surface area contributed by atoms with Gasteiger partial charge in [0.15, 0.2) is 0 Å². The Hall–Kier alpha value is -2.84. The number of alkyl halides is 3. The van der Waals surface area contributed by atoms with Crippen molar-refractivity contribution >= 4 is 23.4 Å². The Kier molecular flexibility index (Phi) is 8.09. The largest absolute Gasteiger partial charge is 0.490 e. The highest BCUT2D eigenvalue weighted by Crippen LogP contribution is 2.33. The number of carbonyl (C=O) groups is 1. The van der Waals surface area contributed by atoms with Crippen molar-refractivity contribution in [3.63, 3.8) is 0 Å². The molecule has 0 spiro atoms. The fourth-order valence-electron chi connectivity index (χ4n) is 4.08. The lowest BCUT2D eigenvalue weighted by Gasteiger charge is -2.28. The van der Waals surface area contributed by atoms with E-state index < -0.39 is 12.1 Å². The number of benzene rings is 1. The van der Waals surface area contributed by atoms with E-state index >= 15 is 0 Å². The Bertz CT molecular complexity index is 949. The van der Waals surface area contributed by atoms with Gasteiger partial charge in [-0.1, -0.05) is 31.5 Å². The summed E-state index contributed by atoms with van der Waals surface area (Å²) < 4.78 is 31.7. The molecule has 1 aliphatic rings. The normalized spacial score (nSPS) is 13.0. The first kappa shape index (κ1) is 25.4. The second-order valence-electron chi connectivity index (χ2n) is 8.05. The number of anilines is 3. The average molecular weight is 453 g/mol. The maximum Gasteiger partial charge on any atom is 0.490 e. The van der Waals surface area contributed by atoms with Crippen LogP contribution in [0.4, 0.5) is 30.6 Å². The minimum absolute atomic E-state index is 0.561. The third-order valence-corrected chi connectivity index (χ3v) is 5.61. The van der Waals surface area contributed by atoms with Crippen LogP contribution in [0.15, 0.2) is 12.1 Å². The molecule has 6 nitrogen and oxygen atoms in total. The van der Waals surface area contributed by atoms with Gasteiger partial charge in [-0.25, -0.2) is 9.78 Å². The van der Waals surface area contributed by atoms with Crippen molar-refractivity contribution in [3.8, 4) is 0 Å². The highest BCUT2D eigenvalue weighted by Gasteiger charge is 2.38. The average Bonchev–Trinajstić information content (AvgIpc) is 3.10. The zero-order chi connectivity index (χ0) is 24.2. The second-order valence-corrected chi connectivity index (χ2v) is 8.05. The number of aliphatic carboxylic acids is 1. The lowest BCUT2D eigenvalue weighted by molar-refractivity contribution is -0.192. The SMILES string of the molecule is CCC(CC)N1CCc2c(C)nc(Nc3c(C)cc(C)cc3C)nc21.O=C(O)C(F)(F)F. The molecule has 0 aliphatic carbocycles. The molecule has 0 saturated heterocycles. The van der Waals surface area contributed by atoms with E-state index in [1.54, 1.807) is 0 Å². The number of nitrogens with zero attached hydrogens (tertiary/aromatic N) is 3. The van der Waals surface area contributed by atoms with E-state index in [1.165, 1.54) is 22.3 Å². The predicted octanol–water partition coefficient (Wildman–Crippen LogP) is 5.64. The fraction of sp³-hybridized carbons (Fsp3) is 0.522. The number of carboxylic acids is 1. The third-order valence-electron chi connectivity index (χ3n) is 5.61. The molecule has 0 saturated carbocycles. The van der Waals surface area contributed by atoms with Gasteiger partial charge in [0, 0.05) is 29.5 Å². The molecule has 2 aromatic rings. The summed E-state index contributed by atoms with van der Waals surface area (Å²) in [5.41, 5.74) is 7.29. The van der Waals surface area contributed by atoms with Crippen LogP contribution in [0, 0.1) is 27.7 Å². The molecule has 1 aliphatic heterocycles. The molecule has 1 aromatic carbocycles. The number of fused-ring (bicyclic) bond motifs is 1. The number of nitrogens with one attached hydrogen (secondary N) is 1. The second kappa shape index (κ2) is 10.2. The maximum atomic E-state index is 10.6. The van der Waals surface area contributed by atoms with E-state index in [4.69, 9.17) is 19.9 Å². The molecule has 3 rings (SSSR count). The van der Waals surface area contributed by atoms with E-state index in [0.29, 0.717) is 12.0 Å². The Morgan fingerprint density at radius 1 is 1.12 bits per heavy atom. The first-order chi connectivity index (χ1) is 14.9. The first-order valence-electron chi connectivity index (χ1n) is 10.7. The van der Waals surface area contributed by atoms with Gasteiger partial charge in [0.1, 0.15) is 5.82 Å². The van der Waals surface area contributed by atoms with Crippen LogP contribution in [0.5, 0.6) is 0 Å². The van der Waals surface area contributed by atoms with E-state index in [0.717, 1.165) is 43.0 Å². The topological polar surface area (TPSA) is 78.4 Å². The van der Waals surface area contributed by atoms with Gasteiger partial charge in [-0.15, -0.1) is 0 Å². The molecule has 0 radical (unpaired) electrons. The Morgan fingerprint density at radius 3 is 2.12 bits per heavy atom. The van der Waals surface area contributed by atoms with E-state index in [-0.39, 0.29) is 0 Å². The number of carboxylic acid groups (broad SMARTS) is 1. The summed E-state index contributed by atoms with van der Waals surface area (Å²) in [7, 11) is 0. The molecule has 0 unspecified atom stereocenters. The molecule has 0 bridgehead atoms. The van der Waals surface area contributed by atoms with Crippen molar-refractivity contribution in [1.82, 2.24) is 9.97 Å². The standard InChI is InChI=1S/C21H30N4.C2HF3O2/c1-7-17(8-2)25-10-9-18-16(6)22-21(24-20(18)25)23-19-14(4)11-13(3)12-15(19)5;3-2(4,5)1(6)7/h11-12,17H,7-10H2,1-6H3,(H,22,23,24);(H,6,7). The first-order valence-corrected chi connectivity index (χ1v) is 10.7. The highest BCUT2D eigenvalue weighted by molar-refractivity contribution is 5.73. The lowest BCUT2D eigenvalue weighted by atomic mass is 10.1. The van der Waals surface area contributed by atoms with E-state index in [1.807, 2.05) is 0 Å². The van der Waals surface area contributed by atoms with Crippen LogP contribution in [0.3, 0.4) is 0 Å². The van der Waals surface area contributed by atoms with Gasteiger partial charge in [0.25, 0.3) is 0 Å². The van der Waals surface area contributed by atoms with Crippen LogP contribution in [0.25, 0.3) is 0 Å². The van der Waals surface area contributed by atoms with Gasteiger partial charge in [-0.05, 0) is 58.1 Å². The monoisotopic (exact) mass is 452 g/mol. The van der Waals surface area contributed by atoms with Gasteiger partial charge in [-0.3, -0.25) is 0 Å². The van der Waals surface area contributed by atoms with Crippen molar-refractivity contribution in [2.45, 2.75) is 73.0 Å². The molecule has 1 aromatic heterocycles. The van der Waals surface area contributed by atoms with Crippen LogP contribution in [0.2, 0.25) is 0 Å². The molecule has 0 atom stereocenters. The van der Waals surface area contributed by atoms with Gasteiger partial charge in [-0.2, -0.15) is 18.2 Å². The summed E-state index contributed by atoms with van der Waals surface area (Å²) in [6.07, 6.45) is -1.73. The van der Waals surface area contributed by atoms with Crippen molar-refractivity contribution in [2.75, 3.05) is 16.8 Å². The number of hydrogen-bond acceptors (Lipinski definition) is 5. The van der Waals surface area contributed by atoms with Crippen molar-refractivity contribution in [2.24, 2.45) is 0 Å². The number of aromatic nitrogens is 2. The van der Waals surface area contributed by atoms with Crippen molar-refractivity contribution in [3.05, 3.63) is 40.1 Å². The number of rotatable bonds is 5. The summed E-state index contributed by atoms with van der Waals surface area (Å²) in [6, 6.07) is 4.96. The third kappa shape index (κ3) is 5.89. The van der Waals surface area contributed by atoms with E-state index in [2.05, 4.69) is 63.9 Å². The summed E-state index contributed by atoms with van der Waals surface area (Å²) in [6.45, 7) is 14.1. The van der Waals surface area contributed by atoms with Gasteiger partial charge in [0.2, 0.25) is 5.95 Å². The zero-order valence-electron chi connectivity index (χ0n) is 19.4. The molecular weight excluding hydrogens is 421 g/mol.